The van der Waals surface area contributed by atoms with Gasteiger partial charge in [0.05, 0.1) is 0 Å². The summed E-state index contributed by atoms with van der Waals surface area (Å²) in [4.78, 5) is 0. The molecule has 0 aliphatic carbocycles. The van der Waals surface area contributed by atoms with Crippen LogP contribution in [0.1, 0.15) is 20.3 Å². The number of allylic oxidation sites excluding steroid dienone is 1. The smallest absolute Gasteiger partial charge is 0.317 e. The molecule has 0 aliphatic heterocycles. The fourth-order valence-electron chi connectivity index (χ4n) is 0.683. The van der Waals surface area contributed by atoms with Gasteiger partial charge in [-0.3, -0.25) is 0 Å². The van der Waals surface area contributed by atoms with E-state index in [1.807, 2.05) is 6.92 Å². The predicted octanol–water partition coefficient (Wildman–Crippen LogP) is 2.49. The van der Waals surface area contributed by atoms with E-state index in [2.05, 4.69) is 5.32 Å². The van der Waals surface area contributed by atoms with Crippen molar-refractivity contribution in [3.8, 4) is 0 Å². The number of hydrogen-bond donors (Lipinski definition) is 1. The molecule has 0 aromatic carbocycles. The van der Waals surface area contributed by atoms with Gasteiger partial charge in [0.1, 0.15) is 0 Å². The first-order valence-corrected chi connectivity index (χ1v) is 3.93. The lowest BCUT2D eigenvalue weighted by molar-refractivity contribution is -0.0915. The molecule has 4 heteroatoms. The van der Waals surface area contributed by atoms with Crippen LogP contribution in [0.15, 0.2) is 11.6 Å². The number of alkyl halides is 3. The molecule has 0 spiro atoms. The zero-order valence-electron chi connectivity index (χ0n) is 7.33. The van der Waals surface area contributed by atoms with Crippen molar-refractivity contribution < 1.29 is 13.2 Å². The second kappa shape index (κ2) is 5.19. The lowest BCUT2D eigenvalue weighted by Crippen LogP contribution is -2.14. The Morgan fingerprint density at radius 3 is 2.42 bits per heavy atom. The zero-order chi connectivity index (χ0) is 9.61. The highest BCUT2D eigenvalue weighted by molar-refractivity contribution is 5.04. The van der Waals surface area contributed by atoms with Crippen molar-refractivity contribution in [3.05, 3.63) is 11.6 Å². The molecule has 0 aromatic rings. The molecule has 0 amide bonds. The Balaban J connectivity index is 3.70. The maximum atomic E-state index is 11.9. The largest absolute Gasteiger partial charge is 0.412 e. The normalized spacial score (nSPS) is 13.6. The Morgan fingerprint density at radius 2 is 2.00 bits per heavy atom. The summed E-state index contributed by atoms with van der Waals surface area (Å²) in [7, 11) is 0. The van der Waals surface area contributed by atoms with Gasteiger partial charge in [-0.15, -0.1) is 0 Å². The van der Waals surface area contributed by atoms with Crippen molar-refractivity contribution in [2.45, 2.75) is 26.4 Å². The maximum Gasteiger partial charge on any atom is 0.412 e. The summed E-state index contributed by atoms with van der Waals surface area (Å²) in [5.41, 5.74) is -0.514. The summed E-state index contributed by atoms with van der Waals surface area (Å²) < 4.78 is 35.6. The third-order valence-electron chi connectivity index (χ3n) is 1.47. The lowest BCUT2D eigenvalue weighted by Gasteiger charge is -2.05. The van der Waals surface area contributed by atoms with Crippen molar-refractivity contribution in [3.63, 3.8) is 0 Å². The number of nitrogens with one attached hydrogen (secondary N) is 1. The first-order chi connectivity index (χ1) is 5.48. The molecule has 72 valence electrons. The van der Waals surface area contributed by atoms with Crippen LogP contribution in [-0.4, -0.2) is 19.3 Å². The third kappa shape index (κ3) is 5.18. The monoisotopic (exact) mass is 181 g/mol. The molecule has 0 atom stereocenters. The van der Waals surface area contributed by atoms with Gasteiger partial charge in [-0.1, -0.05) is 13.0 Å². The Kier molecular flexibility index (Phi) is 4.97. The molecule has 0 saturated carbocycles. The van der Waals surface area contributed by atoms with E-state index in [-0.39, 0.29) is 0 Å². The van der Waals surface area contributed by atoms with Crippen molar-refractivity contribution in [1.29, 1.82) is 0 Å². The number of hydrogen-bond acceptors (Lipinski definition) is 1. The average Bonchev–Trinajstić information content (AvgIpc) is 1.96. The van der Waals surface area contributed by atoms with Gasteiger partial charge in [0.2, 0.25) is 0 Å². The molecule has 0 bridgehead atoms. The molecule has 0 saturated heterocycles. The standard InChI is InChI=1S/C8H14F3N/c1-3-12-6-4-5-7(2)8(9,10)11/h5,12H,3-4,6H2,1-2H3. The van der Waals surface area contributed by atoms with Crippen molar-refractivity contribution in [1.82, 2.24) is 5.32 Å². The third-order valence-corrected chi connectivity index (χ3v) is 1.47. The second-order valence-electron chi connectivity index (χ2n) is 2.53. The van der Waals surface area contributed by atoms with Gasteiger partial charge in [0.25, 0.3) is 0 Å². The lowest BCUT2D eigenvalue weighted by atomic mass is 10.2. The zero-order valence-corrected chi connectivity index (χ0v) is 7.33. The van der Waals surface area contributed by atoms with Crippen LogP contribution in [0.4, 0.5) is 13.2 Å². The van der Waals surface area contributed by atoms with Crippen LogP contribution in [0.2, 0.25) is 0 Å². The van der Waals surface area contributed by atoms with E-state index in [1.165, 1.54) is 6.08 Å². The van der Waals surface area contributed by atoms with E-state index in [1.54, 1.807) is 0 Å². The van der Waals surface area contributed by atoms with Crippen LogP contribution in [0.3, 0.4) is 0 Å². The average molecular weight is 181 g/mol. The quantitative estimate of drug-likeness (QED) is 0.519. The summed E-state index contributed by atoms with van der Waals surface area (Å²) in [6, 6.07) is 0. The van der Waals surface area contributed by atoms with Crippen LogP contribution < -0.4 is 5.32 Å². The van der Waals surface area contributed by atoms with Crippen LogP contribution in [0.5, 0.6) is 0 Å². The first kappa shape index (κ1) is 11.5. The molecule has 0 aliphatic rings. The topological polar surface area (TPSA) is 12.0 Å². The highest BCUT2D eigenvalue weighted by atomic mass is 19.4. The Bertz CT molecular complexity index is 149. The van der Waals surface area contributed by atoms with E-state index >= 15 is 0 Å². The van der Waals surface area contributed by atoms with Gasteiger partial charge >= 0.3 is 6.18 Å². The molecule has 0 radical (unpaired) electrons. The van der Waals surface area contributed by atoms with E-state index in [0.29, 0.717) is 13.0 Å². The molecule has 0 aromatic heterocycles. The number of halogens is 3. The molecule has 0 fully saturated rings. The van der Waals surface area contributed by atoms with Crippen LogP contribution in [0.25, 0.3) is 0 Å². The van der Waals surface area contributed by atoms with E-state index in [0.717, 1.165) is 13.5 Å². The number of rotatable bonds is 4. The molecular formula is C8H14F3N. The fraction of sp³-hybridized carbons (Fsp3) is 0.750. The molecule has 0 rings (SSSR count). The van der Waals surface area contributed by atoms with Gasteiger partial charge in [-0.05, 0) is 26.4 Å². The van der Waals surface area contributed by atoms with Gasteiger partial charge in [0.15, 0.2) is 0 Å². The van der Waals surface area contributed by atoms with E-state index < -0.39 is 11.7 Å². The van der Waals surface area contributed by atoms with Crippen LogP contribution >= 0.6 is 0 Å². The molecule has 1 nitrogen and oxygen atoms in total. The van der Waals surface area contributed by atoms with E-state index in [9.17, 15) is 13.2 Å². The fourth-order valence-corrected chi connectivity index (χ4v) is 0.683. The second-order valence-corrected chi connectivity index (χ2v) is 2.53. The van der Waals surface area contributed by atoms with Gasteiger partial charge < -0.3 is 5.32 Å². The summed E-state index contributed by atoms with van der Waals surface area (Å²) >= 11 is 0. The van der Waals surface area contributed by atoms with E-state index in [4.69, 9.17) is 0 Å². The van der Waals surface area contributed by atoms with Crippen LogP contribution in [0, 0.1) is 0 Å². The molecule has 0 unspecified atom stereocenters. The van der Waals surface area contributed by atoms with Gasteiger partial charge in [-0.2, -0.15) is 13.2 Å². The molecule has 1 N–H and O–H groups in total. The molecule has 12 heavy (non-hydrogen) atoms. The van der Waals surface area contributed by atoms with Gasteiger partial charge in [-0.25, -0.2) is 0 Å². The summed E-state index contributed by atoms with van der Waals surface area (Å²) in [5.74, 6) is 0. The molecule has 0 heterocycles. The van der Waals surface area contributed by atoms with Crippen molar-refractivity contribution in [2.24, 2.45) is 0 Å². The Hall–Kier alpha value is -0.510. The summed E-state index contributed by atoms with van der Waals surface area (Å²) in [6.07, 6.45) is -2.52. The van der Waals surface area contributed by atoms with Crippen molar-refractivity contribution >= 4 is 0 Å². The summed E-state index contributed by atoms with van der Waals surface area (Å²) in [5, 5.41) is 2.94. The Morgan fingerprint density at radius 1 is 1.42 bits per heavy atom. The summed E-state index contributed by atoms with van der Waals surface area (Å²) in [6.45, 7) is 4.40. The maximum absolute atomic E-state index is 11.9. The highest BCUT2D eigenvalue weighted by Crippen LogP contribution is 2.24. The highest BCUT2D eigenvalue weighted by Gasteiger charge is 2.29. The molecular weight excluding hydrogens is 167 g/mol. The SMILES string of the molecule is CCNCCC=C(C)C(F)(F)F. The minimum Gasteiger partial charge on any atom is -0.317 e. The minimum absolute atomic E-state index is 0.430. The van der Waals surface area contributed by atoms with Crippen LogP contribution in [-0.2, 0) is 0 Å². The van der Waals surface area contributed by atoms with Gasteiger partial charge in [0, 0.05) is 5.57 Å². The predicted molar refractivity (Wildman–Crippen MR) is 43.0 cm³/mol. The Labute approximate surface area is 70.7 Å². The van der Waals surface area contributed by atoms with Crippen molar-refractivity contribution in [2.75, 3.05) is 13.1 Å². The first-order valence-electron chi connectivity index (χ1n) is 3.93. The minimum atomic E-state index is -4.16.